The SMILES string of the molecule is CS/C(=N\C(C)NC(C)=O)N1CCNCC1. The zero-order chi connectivity index (χ0) is 12.0. The van der Waals surface area contributed by atoms with Crippen molar-refractivity contribution in [2.24, 2.45) is 4.99 Å². The molecule has 0 radical (unpaired) electrons. The van der Waals surface area contributed by atoms with Crippen molar-refractivity contribution < 1.29 is 4.79 Å². The molecule has 92 valence electrons. The molecule has 5 nitrogen and oxygen atoms in total. The zero-order valence-electron chi connectivity index (χ0n) is 10.1. The van der Waals surface area contributed by atoms with Crippen LogP contribution in [0, 0.1) is 0 Å². The fraction of sp³-hybridized carbons (Fsp3) is 0.800. The Morgan fingerprint density at radius 1 is 1.50 bits per heavy atom. The van der Waals surface area contributed by atoms with E-state index in [9.17, 15) is 4.79 Å². The summed E-state index contributed by atoms with van der Waals surface area (Å²) >= 11 is 1.63. The van der Waals surface area contributed by atoms with E-state index in [4.69, 9.17) is 0 Å². The molecular weight excluding hydrogens is 224 g/mol. The molecule has 0 aromatic heterocycles. The normalized spacial score (nSPS) is 19.4. The molecule has 1 atom stereocenters. The van der Waals surface area contributed by atoms with Crippen molar-refractivity contribution in [3.05, 3.63) is 0 Å². The maximum atomic E-state index is 10.9. The molecule has 1 rings (SSSR count). The van der Waals surface area contributed by atoms with Crippen LogP contribution in [0.15, 0.2) is 4.99 Å². The van der Waals surface area contributed by atoms with Crippen molar-refractivity contribution in [1.29, 1.82) is 0 Å². The van der Waals surface area contributed by atoms with Crippen molar-refractivity contribution in [3.8, 4) is 0 Å². The highest BCUT2D eigenvalue weighted by Gasteiger charge is 2.14. The van der Waals surface area contributed by atoms with Crippen LogP contribution < -0.4 is 10.6 Å². The van der Waals surface area contributed by atoms with Crippen molar-refractivity contribution in [3.63, 3.8) is 0 Å². The molecule has 0 spiro atoms. The largest absolute Gasteiger partial charge is 0.349 e. The van der Waals surface area contributed by atoms with Gasteiger partial charge in [-0.15, -0.1) is 0 Å². The summed E-state index contributed by atoms with van der Waals surface area (Å²) in [5, 5.41) is 7.07. The third-order valence-electron chi connectivity index (χ3n) is 2.29. The minimum Gasteiger partial charge on any atom is -0.349 e. The average molecular weight is 244 g/mol. The number of thioether (sulfide) groups is 1. The van der Waals surface area contributed by atoms with Crippen LogP contribution in [0.1, 0.15) is 13.8 Å². The molecule has 0 aromatic carbocycles. The van der Waals surface area contributed by atoms with E-state index in [1.54, 1.807) is 11.8 Å². The van der Waals surface area contributed by atoms with Crippen LogP contribution >= 0.6 is 11.8 Å². The highest BCUT2D eigenvalue weighted by atomic mass is 32.2. The smallest absolute Gasteiger partial charge is 0.218 e. The van der Waals surface area contributed by atoms with Gasteiger partial charge in [0, 0.05) is 33.1 Å². The molecule has 1 aliphatic rings. The molecule has 6 heteroatoms. The summed E-state index contributed by atoms with van der Waals surface area (Å²) in [4.78, 5) is 17.6. The van der Waals surface area contributed by atoms with Gasteiger partial charge in [-0.05, 0) is 13.2 Å². The lowest BCUT2D eigenvalue weighted by molar-refractivity contribution is -0.119. The molecule has 1 heterocycles. The fourth-order valence-corrected chi connectivity index (χ4v) is 2.32. The molecular formula is C10H20N4OS. The first-order chi connectivity index (χ1) is 7.63. The average Bonchev–Trinajstić information content (AvgIpc) is 2.26. The first-order valence-corrected chi connectivity index (χ1v) is 6.70. The Kier molecular flexibility index (Phi) is 5.62. The van der Waals surface area contributed by atoms with E-state index in [0.29, 0.717) is 0 Å². The Morgan fingerprint density at radius 2 is 2.12 bits per heavy atom. The van der Waals surface area contributed by atoms with Crippen LogP contribution in [0.25, 0.3) is 0 Å². The maximum Gasteiger partial charge on any atom is 0.218 e. The van der Waals surface area contributed by atoms with Gasteiger partial charge in [0.1, 0.15) is 6.17 Å². The number of nitrogens with zero attached hydrogens (tertiary/aromatic N) is 2. The van der Waals surface area contributed by atoms with Crippen molar-refractivity contribution in [2.75, 3.05) is 32.4 Å². The molecule has 1 saturated heterocycles. The molecule has 1 amide bonds. The van der Waals surface area contributed by atoms with Crippen LogP contribution in [0.2, 0.25) is 0 Å². The first-order valence-electron chi connectivity index (χ1n) is 5.48. The Hall–Kier alpha value is -0.750. The topological polar surface area (TPSA) is 56.7 Å². The van der Waals surface area contributed by atoms with Gasteiger partial charge in [0.2, 0.25) is 5.91 Å². The molecule has 0 aliphatic carbocycles. The molecule has 0 saturated carbocycles. The van der Waals surface area contributed by atoms with Gasteiger partial charge < -0.3 is 15.5 Å². The molecule has 0 bridgehead atoms. The first kappa shape index (κ1) is 13.3. The van der Waals surface area contributed by atoms with E-state index in [1.165, 1.54) is 6.92 Å². The molecule has 0 aromatic rings. The number of amidine groups is 1. The highest BCUT2D eigenvalue weighted by Crippen LogP contribution is 2.07. The second-order valence-electron chi connectivity index (χ2n) is 3.73. The van der Waals surface area contributed by atoms with Crippen molar-refractivity contribution in [1.82, 2.24) is 15.5 Å². The zero-order valence-corrected chi connectivity index (χ0v) is 10.9. The Bertz CT molecular complexity index is 264. The second-order valence-corrected chi connectivity index (χ2v) is 4.50. The number of amides is 1. The van der Waals surface area contributed by atoms with Gasteiger partial charge in [-0.3, -0.25) is 4.79 Å². The second kappa shape index (κ2) is 6.75. The highest BCUT2D eigenvalue weighted by molar-refractivity contribution is 8.13. The van der Waals surface area contributed by atoms with Gasteiger partial charge >= 0.3 is 0 Å². The number of hydrogen-bond acceptors (Lipinski definition) is 4. The minimum atomic E-state index is -0.158. The fourth-order valence-electron chi connectivity index (χ4n) is 1.61. The number of carbonyl (C=O) groups is 1. The number of hydrogen-bond donors (Lipinski definition) is 2. The van der Waals surface area contributed by atoms with E-state index in [2.05, 4.69) is 20.5 Å². The number of nitrogens with one attached hydrogen (secondary N) is 2. The Morgan fingerprint density at radius 3 is 2.62 bits per heavy atom. The third-order valence-corrected chi connectivity index (χ3v) is 3.02. The van der Waals surface area contributed by atoms with E-state index >= 15 is 0 Å². The van der Waals surface area contributed by atoms with E-state index < -0.39 is 0 Å². The van der Waals surface area contributed by atoms with Gasteiger partial charge in [0.15, 0.2) is 5.17 Å². The third kappa shape index (κ3) is 4.40. The van der Waals surface area contributed by atoms with Crippen molar-refractivity contribution >= 4 is 22.8 Å². The lowest BCUT2D eigenvalue weighted by atomic mass is 10.4. The standard InChI is InChI=1S/C10H20N4OS/c1-8(12-9(2)15)13-10(16-3)14-6-4-11-5-7-14/h8,11H,4-7H2,1-3H3,(H,12,15)/b13-10-. The van der Waals surface area contributed by atoms with E-state index in [1.807, 2.05) is 13.2 Å². The monoisotopic (exact) mass is 244 g/mol. The van der Waals surface area contributed by atoms with Crippen LogP contribution in [-0.2, 0) is 4.79 Å². The molecule has 16 heavy (non-hydrogen) atoms. The van der Waals surface area contributed by atoms with Crippen LogP contribution in [0.3, 0.4) is 0 Å². The predicted molar refractivity (Wildman–Crippen MR) is 68.7 cm³/mol. The van der Waals surface area contributed by atoms with Gasteiger partial charge in [-0.2, -0.15) is 0 Å². The van der Waals surface area contributed by atoms with Gasteiger partial charge in [0.25, 0.3) is 0 Å². The van der Waals surface area contributed by atoms with Crippen molar-refractivity contribution in [2.45, 2.75) is 20.0 Å². The maximum absolute atomic E-state index is 10.9. The van der Waals surface area contributed by atoms with Crippen LogP contribution in [0.4, 0.5) is 0 Å². The number of aliphatic imine (C=N–C) groups is 1. The van der Waals surface area contributed by atoms with Gasteiger partial charge in [-0.1, -0.05) is 11.8 Å². The lowest BCUT2D eigenvalue weighted by Gasteiger charge is -2.30. The number of piperazine rings is 1. The number of rotatable bonds is 2. The minimum absolute atomic E-state index is 0.0444. The molecule has 1 fully saturated rings. The van der Waals surface area contributed by atoms with Gasteiger partial charge in [0.05, 0.1) is 0 Å². The summed E-state index contributed by atoms with van der Waals surface area (Å²) in [6.07, 6.45) is 1.86. The molecule has 1 unspecified atom stereocenters. The lowest BCUT2D eigenvalue weighted by Crippen LogP contribution is -2.46. The van der Waals surface area contributed by atoms with E-state index in [-0.39, 0.29) is 12.1 Å². The summed E-state index contributed by atoms with van der Waals surface area (Å²) in [6, 6.07) is 0. The summed E-state index contributed by atoms with van der Waals surface area (Å²) in [5.74, 6) is -0.0444. The Labute approximate surface area is 101 Å². The quantitative estimate of drug-likeness (QED) is 0.534. The summed E-state index contributed by atoms with van der Waals surface area (Å²) < 4.78 is 0. The summed E-state index contributed by atoms with van der Waals surface area (Å²) in [5.41, 5.74) is 0. The van der Waals surface area contributed by atoms with Crippen LogP contribution in [-0.4, -0.2) is 54.6 Å². The summed E-state index contributed by atoms with van der Waals surface area (Å²) in [7, 11) is 0. The van der Waals surface area contributed by atoms with Crippen LogP contribution in [0.5, 0.6) is 0 Å². The van der Waals surface area contributed by atoms with E-state index in [0.717, 1.165) is 31.3 Å². The number of carbonyl (C=O) groups excluding carboxylic acids is 1. The predicted octanol–water partition coefficient (Wildman–Crippen LogP) is 0.0927. The molecule has 1 aliphatic heterocycles. The molecule has 2 N–H and O–H groups in total. The summed E-state index contributed by atoms with van der Waals surface area (Å²) in [6.45, 7) is 7.34. The van der Waals surface area contributed by atoms with Gasteiger partial charge in [-0.25, -0.2) is 4.99 Å². The Balaban J connectivity index is 2.56.